The fraction of sp³-hybridized carbons (Fsp3) is 0.455. The molecule has 92 valence electrons. The summed E-state index contributed by atoms with van der Waals surface area (Å²) in [6.07, 6.45) is 0.808. The minimum Gasteiger partial charge on any atom is -0.477 e. The average molecular weight is 255 g/mol. The van der Waals surface area contributed by atoms with Crippen LogP contribution in [0.3, 0.4) is 0 Å². The Hall–Kier alpha value is -1.40. The highest BCUT2D eigenvalue weighted by atomic mass is 32.1. The predicted octanol–water partition coefficient (Wildman–Crippen LogP) is 1.35. The normalized spacial score (nSPS) is 23.6. The predicted molar refractivity (Wildman–Crippen MR) is 62.6 cm³/mol. The van der Waals surface area contributed by atoms with Crippen molar-refractivity contribution in [3.8, 4) is 0 Å². The minimum absolute atomic E-state index is 0.0119. The van der Waals surface area contributed by atoms with Crippen LogP contribution in [0.15, 0.2) is 12.1 Å². The van der Waals surface area contributed by atoms with Gasteiger partial charge in [0, 0.05) is 6.61 Å². The van der Waals surface area contributed by atoms with Crippen LogP contribution < -0.4 is 5.32 Å². The lowest BCUT2D eigenvalue weighted by Crippen LogP contribution is -2.38. The molecular formula is C11H13NO4S. The summed E-state index contributed by atoms with van der Waals surface area (Å²) in [4.78, 5) is 23.1. The van der Waals surface area contributed by atoms with E-state index >= 15 is 0 Å². The van der Waals surface area contributed by atoms with Gasteiger partial charge < -0.3 is 15.2 Å². The summed E-state index contributed by atoms with van der Waals surface area (Å²) in [6.45, 7) is 2.56. The first kappa shape index (κ1) is 12.1. The Balaban J connectivity index is 2.01. The topological polar surface area (TPSA) is 75.6 Å². The van der Waals surface area contributed by atoms with Crippen LogP contribution >= 0.6 is 11.3 Å². The molecule has 0 radical (unpaired) electrons. The molecule has 1 amide bonds. The van der Waals surface area contributed by atoms with Crippen molar-refractivity contribution in [3.05, 3.63) is 21.9 Å². The van der Waals surface area contributed by atoms with Gasteiger partial charge in [-0.25, -0.2) is 4.79 Å². The number of hydrogen-bond acceptors (Lipinski definition) is 4. The molecule has 2 atom stereocenters. The molecule has 17 heavy (non-hydrogen) atoms. The van der Waals surface area contributed by atoms with Crippen molar-refractivity contribution >= 4 is 23.2 Å². The molecule has 1 fully saturated rings. The molecule has 2 heterocycles. The molecule has 2 unspecified atom stereocenters. The van der Waals surface area contributed by atoms with Crippen LogP contribution in [0, 0.1) is 0 Å². The van der Waals surface area contributed by atoms with Crippen molar-refractivity contribution in [1.82, 2.24) is 5.32 Å². The summed E-state index contributed by atoms with van der Waals surface area (Å²) in [6, 6.07) is 2.98. The first-order chi connectivity index (χ1) is 8.08. The molecule has 0 aromatic carbocycles. The molecule has 1 aliphatic heterocycles. The van der Waals surface area contributed by atoms with Gasteiger partial charge in [0.1, 0.15) is 4.88 Å². The van der Waals surface area contributed by atoms with Crippen molar-refractivity contribution in [2.24, 2.45) is 0 Å². The second-order valence-corrected chi connectivity index (χ2v) is 5.00. The number of carbonyl (C=O) groups is 2. The molecule has 1 saturated heterocycles. The van der Waals surface area contributed by atoms with E-state index in [2.05, 4.69) is 5.32 Å². The van der Waals surface area contributed by atoms with E-state index in [0.717, 1.165) is 17.8 Å². The number of nitrogens with one attached hydrogen (secondary N) is 1. The number of amides is 1. The van der Waals surface area contributed by atoms with E-state index in [9.17, 15) is 9.59 Å². The van der Waals surface area contributed by atoms with Crippen LogP contribution in [0.4, 0.5) is 0 Å². The lowest BCUT2D eigenvalue weighted by atomic mass is 10.1. The van der Waals surface area contributed by atoms with Gasteiger partial charge in [0.05, 0.1) is 17.0 Å². The Morgan fingerprint density at radius 2 is 2.18 bits per heavy atom. The zero-order valence-electron chi connectivity index (χ0n) is 9.30. The quantitative estimate of drug-likeness (QED) is 0.855. The highest BCUT2D eigenvalue weighted by molar-refractivity contribution is 7.15. The van der Waals surface area contributed by atoms with Crippen LogP contribution in [0.5, 0.6) is 0 Å². The molecular weight excluding hydrogens is 242 g/mol. The molecule has 0 bridgehead atoms. The molecule has 1 aromatic heterocycles. The highest BCUT2D eigenvalue weighted by Crippen LogP contribution is 2.18. The largest absolute Gasteiger partial charge is 0.477 e. The summed E-state index contributed by atoms with van der Waals surface area (Å²) in [7, 11) is 0. The summed E-state index contributed by atoms with van der Waals surface area (Å²) >= 11 is 0.981. The maximum atomic E-state index is 11.8. The van der Waals surface area contributed by atoms with Crippen molar-refractivity contribution in [2.75, 3.05) is 6.61 Å². The van der Waals surface area contributed by atoms with Gasteiger partial charge in [-0.15, -0.1) is 11.3 Å². The molecule has 0 aliphatic carbocycles. The zero-order chi connectivity index (χ0) is 12.4. The summed E-state index contributed by atoms with van der Waals surface area (Å²) in [5.74, 6) is -1.24. The Morgan fingerprint density at radius 3 is 2.71 bits per heavy atom. The third-order valence-electron chi connectivity index (χ3n) is 2.73. The smallest absolute Gasteiger partial charge is 0.345 e. The van der Waals surface area contributed by atoms with Gasteiger partial charge in [-0.05, 0) is 25.5 Å². The Bertz CT molecular complexity index is 442. The number of hydrogen-bond donors (Lipinski definition) is 2. The number of carboxylic acid groups (broad SMARTS) is 1. The lowest BCUT2D eigenvalue weighted by molar-refractivity contribution is 0.0702. The molecule has 1 aliphatic rings. The van der Waals surface area contributed by atoms with Gasteiger partial charge in [-0.1, -0.05) is 0 Å². The van der Waals surface area contributed by atoms with E-state index in [-0.39, 0.29) is 22.9 Å². The van der Waals surface area contributed by atoms with E-state index in [1.54, 1.807) is 0 Å². The number of thiophene rings is 1. The second-order valence-electron chi connectivity index (χ2n) is 3.91. The first-order valence-corrected chi connectivity index (χ1v) is 6.15. The summed E-state index contributed by atoms with van der Waals surface area (Å²) in [5, 5.41) is 11.6. The van der Waals surface area contributed by atoms with E-state index in [4.69, 9.17) is 9.84 Å². The van der Waals surface area contributed by atoms with Gasteiger partial charge in [0.15, 0.2) is 0 Å². The highest BCUT2D eigenvalue weighted by Gasteiger charge is 2.26. The molecule has 1 aromatic rings. The number of aromatic carboxylic acids is 1. The van der Waals surface area contributed by atoms with Crippen LogP contribution in [0.1, 0.15) is 32.7 Å². The fourth-order valence-electron chi connectivity index (χ4n) is 1.74. The number of carbonyl (C=O) groups excluding carboxylic acids is 1. The summed E-state index contributed by atoms with van der Waals surface area (Å²) in [5.41, 5.74) is 0. The van der Waals surface area contributed by atoms with Gasteiger partial charge in [0.2, 0.25) is 0 Å². The maximum absolute atomic E-state index is 11.8. The van der Waals surface area contributed by atoms with Gasteiger partial charge in [-0.3, -0.25) is 4.79 Å². The van der Waals surface area contributed by atoms with Gasteiger partial charge in [-0.2, -0.15) is 0 Å². The fourth-order valence-corrected chi connectivity index (χ4v) is 2.48. The van der Waals surface area contributed by atoms with E-state index in [1.807, 2.05) is 6.92 Å². The maximum Gasteiger partial charge on any atom is 0.345 e. The van der Waals surface area contributed by atoms with Crippen LogP contribution in [0.2, 0.25) is 0 Å². The third kappa shape index (κ3) is 2.65. The van der Waals surface area contributed by atoms with Crippen molar-refractivity contribution < 1.29 is 19.4 Å². The first-order valence-electron chi connectivity index (χ1n) is 5.33. The van der Waals surface area contributed by atoms with Crippen LogP contribution in [-0.4, -0.2) is 35.7 Å². The SMILES string of the molecule is CC1OCCC1NC(=O)c1ccc(C(=O)O)s1. The molecule has 0 saturated carbocycles. The number of ether oxygens (including phenoxy) is 1. The molecule has 6 heteroatoms. The Kier molecular flexibility index (Phi) is 3.44. The average Bonchev–Trinajstić information content (AvgIpc) is 2.88. The van der Waals surface area contributed by atoms with Crippen LogP contribution in [-0.2, 0) is 4.74 Å². The minimum atomic E-state index is -1.01. The van der Waals surface area contributed by atoms with E-state index < -0.39 is 5.97 Å². The Morgan fingerprint density at radius 1 is 1.47 bits per heavy atom. The van der Waals surface area contributed by atoms with Crippen molar-refractivity contribution in [3.63, 3.8) is 0 Å². The monoisotopic (exact) mass is 255 g/mol. The van der Waals surface area contributed by atoms with E-state index in [1.165, 1.54) is 12.1 Å². The summed E-state index contributed by atoms with van der Waals surface area (Å²) < 4.78 is 5.34. The van der Waals surface area contributed by atoms with E-state index in [0.29, 0.717) is 11.5 Å². The van der Waals surface area contributed by atoms with Crippen molar-refractivity contribution in [2.45, 2.75) is 25.5 Å². The number of rotatable bonds is 3. The zero-order valence-corrected chi connectivity index (χ0v) is 10.1. The molecule has 5 nitrogen and oxygen atoms in total. The van der Waals surface area contributed by atoms with Gasteiger partial charge >= 0.3 is 5.97 Å². The molecule has 0 spiro atoms. The van der Waals surface area contributed by atoms with Crippen LogP contribution in [0.25, 0.3) is 0 Å². The number of carboxylic acids is 1. The molecule has 2 N–H and O–H groups in total. The molecule has 2 rings (SSSR count). The Labute approximate surface area is 102 Å². The third-order valence-corrected chi connectivity index (χ3v) is 3.81. The van der Waals surface area contributed by atoms with Crippen molar-refractivity contribution in [1.29, 1.82) is 0 Å². The van der Waals surface area contributed by atoms with Gasteiger partial charge in [0.25, 0.3) is 5.91 Å². The lowest BCUT2D eigenvalue weighted by Gasteiger charge is -2.15. The second kappa shape index (κ2) is 4.85. The standard InChI is InChI=1S/C11H13NO4S/c1-6-7(4-5-16-6)12-10(13)8-2-3-9(17-8)11(14)15/h2-3,6-7H,4-5H2,1H3,(H,12,13)(H,14,15).